The molecule has 8 heteroatoms. The lowest BCUT2D eigenvalue weighted by molar-refractivity contribution is -0.143. The van der Waals surface area contributed by atoms with Crippen LogP contribution in [0.15, 0.2) is 36.4 Å². The third-order valence-corrected chi connectivity index (χ3v) is 3.27. The number of rotatable bonds is 12. The summed E-state index contributed by atoms with van der Waals surface area (Å²) in [7, 11) is 0. The van der Waals surface area contributed by atoms with E-state index in [1.807, 2.05) is 24.3 Å². The second-order valence-corrected chi connectivity index (χ2v) is 5.20. The molecule has 2 N–H and O–H groups in total. The molecule has 0 aliphatic heterocycles. The minimum atomic E-state index is -1.02. The Morgan fingerprint density at radius 3 is 1.50 bits per heavy atom. The first-order chi connectivity index (χ1) is 12.6. The molecule has 8 nitrogen and oxygen atoms in total. The van der Waals surface area contributed by atoms with Crippen LogP contribution in [-0.2, 0) is 19.1 Å². The lowest BCUT2D eigenvalue weighted by atomic mass is 10.1. The van der Waals surface area contributed by atoms with Crippen molar-refractivity contribution in [3.8, 4) is 11.5 Å². The molecule has 0 saturated heterocycles. The maximum absolute atomic E-state index is 10.4. The molecule has 0 atom stereocenters. The fourth-order valence-electron chi connectivity index (χ4n) is 2.24. The van der Waals surface area contributed by atoms with Gasteiger partial charge in [0.15, 0.2) is 0 Å². The quantitative estimate of drug-likeness (QED) is 0.549. The number of aliphatic carboxylic acids is 2. The molecular formula is C18H20O8. The minimum Gasteiger partial charge on any atom is -0.491 e. The summed E-state index contributed by atoms with van der Waals surface area (Å²) in [4.78, 5) is 20.8. The van der Waals surface area contributed by atoms with Crippen molar-refractivity contribution in [2.75, 3.05) is 39.6 Å². The Labute approximate surface area is 149 Å². The van der Waals surface area contributed by atoms with Crippen LogP contribution in [0.4, 0.5) is 0 Å². The third-order valence-electron chi connectivity index (χ3n) is 3.27. The number of carbonyl (C=O) groups is 2. The van der Waals surface area contributed by atoms with E-state index in [9.17, 15) is 9.59 Å². The van der Waals surface area contributed by atoms with Gasteiger partial charge < -0.3 is 29.2 Å². The van der Waals surface area contributed by atoms with E-state index < -0.39 is 11.9 Å². The van der Waals surface area contributed by atoms with Gasteiger partial charge >= 0.3 is 11.9 Å². The number of hydrogen-bond donors (Lipinski definition) is 2. The topological polar surface area (TPSA) is 112 Å². The van der Waals surface area contributed by atoms with E-state index in [0.29, 0.717) is 11.5 Å². The second-order valence-electron chi connectivity index (χ2n) is 5.20. The van der Waals surface area contributed by atoms with Crippen molar-refractivity contribution in [3.63, 3.8) is 0 Å². The molecule has 0 fully saturated rings. The highest BCUT2D eigenvalue weighted by molar-refractivity contribution is 5.93. The number of fused-ring (bicyclic) bond motifs is 1. The maximum Gasteiger partial charge on any atom is 0.329 e. The van der Waals surface area contributed by atoms with Gasteiger partial charge in [-0.1, -0.05) is 24.3 Å². The van der Waals surface area contributed by atoms with Crippen molar-refractivity contribution in [1.82, 2.24) is 0 Å². The van der Waals surface area contributed by atoms with Crippen molar-refractivity contribution in [2.45, 2.75) is 0 Å². The van der Waals surface area contributed by atoms with Crippen molar-refractivity contribution in [3.05, 3.63) is 36.4 Å². The van der Waals surface area contributed by atoms with Crippen LogP contribution in [0.5, 0.6) is 11.5 Å². The molecular weight excluding hydrogens is 344 g/mol. The Balaban J connectivity index is 1.94. The summed E-state index contributed by atoms with van der Waals surface area (Å²) < 4.78 is 21.2. The van der Waals surface area contributed by atoms with E-state index in [0.717, 1.165) is 10.8 Å². The van der Waals surface area contributed by atoms with Gasteiger partial charge in [0.2, 0.25) is 0 Å². The molecule has 2 rings (SSSR count). The van der Waals surface area contributed by atoms with Crippen LogP contribution >= 0.6 is 0 Å². The summed E-state index contributed by atoms with van der Waals surface area (Å²) in [6, 6.07) is 11.0. The molecule has 0 saturated carbocycles. The zero-order valence-electron chi connectivity index (χ0n) is 14.1. The van der Waals surface area contributed by atoms with Gasteiger partial charge in [-0.15, -0.1) is 0 Å². The molecule has 0 unspecified atom stereocenters. The Bertz CT molecular complexity index is 681. The standard InChI is InChI=1S/C18H20O8/c19-17(20)11-23-7-9-25-15-5-6-16(14-4-2-1-3-13(14)15)26-10-8-24-12-18(21)22/h1-6H,7-12H2,(H,19,20)(H,21,22). The molecule has 0 bridgehead atoms. The molecule has 0 spiro atoms. The molecule has 0 aromatic heterocycles. The number of carboxylic acids is 2. The summed E-state index contributed by atoms with van der Waals surface area (Å²) in [6.07, 6.45) is 0. The largest absolute Gasteiger partial charge is 0.491 e. The molecule has 0 radical (unpaired) electrons. The number of ether oxygens (including phenoxy) is 4. The molecule has 140 valence electrons. The van der Waals surface area contributed by atoms with Crippen LogP contribution in [-0.4, -0.2) is 61.8 Å². The normalized spacial score (nSPS) is 10.6. The highest BCUT2D eigenvalue weighted by atomic mass is 16.5. The van der Waals surface area contributed by atoms with Gasteiger partial charge in [0.05, 0.1) is 13.2 Å². The van der Waals surface area contributed by atoms with Crippen LogP contribution in [0.3, 0.4) is 0 Å². The molecule has 2 aromatic rings. The van der Waals surface area contributed by atoms with Gasteiger partial charge in [-0.05, 0) is 12.1 Å². The van der Waals surface area contributed by atoms with Crippen molar-refractivity contribution in [2.24, 2.45) is 0 Å². The Morgan fingerprint density at radius 2 is 1.12 bits per heavy atom. The molecule has 26 heavy (non-hydrogen) atoms. The average molecular weight is 364 g/mol. The summed E-state index contributed by atoms with van der Waals surface area (Å²) >= 11 is 0. The minimum absolute atomic E-state index is 0.166. The van der Waals surface area contributed by atoms with Crippen LogP contribution in [0.1, 0.15) is 0 Å². The SMILES string of the molecule is O=C(O)COCCOc1ccc(OCCOCC(=O)O)c2ccccc12. The Morgan fingerprint density at radius 1 is 0.692 bits per heavy atom. The van der Waals surface area contributed by atoms with Crippen LogP contribution < -0.4 is 9.47 Å². The Kier molecular flexibility index (Phi) is 7.66. The molecule has 0 aliphatic rings. The van der Waals surface area contributed by atoms with Crippen LogP contribution in [0, 0.1) is 0 Å². The fraction of sp³-hybridized carbons (Fsp3) is 0.333. The van der Waals surface area contributed by atoms with E-state index in [4.69, 9.17) is 29.2 Å². The molecule has 0 heterocycles. The van der Waals surface area contributed by atoms with Gasteiger partial charge in [0, 0.05) is 10.8 Å². The van der Waals surface area contributed by atoms with E-state index in [2.05, 4.69) is 0 Å². The zero-order chi connectivity index (χ0) is 18.8. The van der Waals surface area contributed by atoms with Gasteiger partial charge in [-0.25, -0.2) is 9.59 Å². The summed E-state index contributed by atoms with van der Waals surface area (Å²) in [6.45, 7) is 0.0578. The monoisotopic (exact) mass is 364 g/mol. The summed E-state index contributed by atoms with van der Waals surface area (Å²) in [5.74, 6) is -0.781. The maximum atomic E-state index is 10.4. The first-order valence-electron chi connectivity index (χ1n) is 7.94. The summed E-state index contributed by atoms with van der Waals surface area (Å²) in [5, 5.41) is 18.7. The lowest BCUT2D eigenvalue weighted by Gasteiger charge is -2.13. The predicted octanol–water partition coefficient (Wildman–Crippen LogP) is 1.80. The smallest absolute Gasteiger partial charge is 0.329 e. The van der Waals surface area contributed by atoms with E-state index in [1.165, 1.54) is 0 Å². The fourth-order valence-corrected chi connectivity index (χ4v) is 2.24. The van der Waals surface area contributed by atoms with Gasteiger partial charge in [-0.2, -0.15) is 0 Å². The summed E-state index contributed by atoms with van der Waals surface area (Å²) in [5.41, 5.74) is 0. The van der Waals surface area contributed by atoms with Gasteiger partial charge in [0.1, 0.15) is 37.9 Å². The molecule has 2 aromatic carbocycles. The van der Waals surface area contributed by atoms with Crippen molar-refractivity contribution < 1.29 is 38.7 Å². The van der Waals surface area contributed by atoms with E-state index in [-0.39, 0.29) is 39.6 Å². The highest BCUT2D eigenvalue weighted by Gasteiger charge is 2.08. The number of hydrogen-bond acceptors (Lipinski definition) is 6. The first-order valence-corrected chi connectivity index (χ1v) is 7.94. The van der Waals surface area contributed by atoms with E-state index >= 15 is 0 Å². The van der Waals surface area contributed by atoms with Crippen LogP contribution in [0.25, 0.3) is 10.8 Å². The van der Waals surface area contributed by atoms with Crippen molar-refractivity contribution in [1.29, 1.82) is 0 Å². The highest BCUT2D eigenvalue weighted by Crippen LogP contribution is 2.33. The van der Waals surface area contributed by atoms with Gasteiger partial charge in [-0.3, -0.25) is 0 Å². The number of carboxylic acid groups (broad SMARTS) is 2. The van der Waals surface area contributed by atoms with Gasteiger partial charge in [0.25, 0.3) is 0 Å². The van der Waals surface area contributed by atoms with E-state index in [1.54, 1.807) is 12.1 Å². The first kappa shape index (κ1) is 19.5. The van der Waals surface area contributed by atoms with Crippen LogP contribution in [0.2, 0.25) is 0 Å². The second kappa shape index (κ2) is 10.2. The predicted molar refractivity (Wildman–Crippen MR) is 91.8 cm³/mol. The Hall–Kier alpha value is -2.84. The lowest BCUT2D eigenvalue weighted by Crippen LogP contribution is -2.13. The number of benzene rings is 2. The zero-order valence-corrected chi connectivity index (χ0v) is 14.1. The molecule has 0 aliphatic carbocycles. The third kappa shape index (κ3) is 6.23. The molecule has 0 amide bonds. The average Bonchev–Trinajstić information content (AvgIpc) is 2.61. The van der Waals surface area contributed by atoms with Crippen molar-refractivity contribution >= 4 is 22.7 Å².